The van der Waals surface area contributed by atoms with E-state index in [0.717, 1.165) is 29.0 Å². The SMILES string of the molecule is CC#CCCOc1cc(N)c(C)cc1C. The third-order valence-corrected chi connectivity index (χ3v) is 2.23. The summed E-state index contributed by atoms with van der Waals surface area (Å²) in [6, 6.07) is 3.92. The van der Waals surface area contributed by atoms with Crippen molar-refractivity contribution in [1.82, 2.24) is 0 Å². The lowest BCUT2D eigenvalue weighted by Crippen LogP contribution is -2.00. The number of anilines is 1. The van der Waals surface area contributed by atoms with Crippen LogP contribution in [-0.4, -0.2) is 6.61 Å². The first-order chi connectivity index (χ1) is 7.15. The van der Waals surface area contributed by atoms with Gasteiger partial charge in [-0.1, -0.05) is 6.07 Å². The Morgan fingerprint density at radius 3 is 2.67 bits per heavy atom. The average molecular weight is 203 g/mol. The van der Waals surface area contributed by atoms with Gasteiger partial charge in [0.15, 0.2) is 0 Å². The molecule has 0 atom stereocenters. The standard InChI is InChI=1S/C13H17NO/c1-4-5-6-7-15-13-9-12(14)10(2)8-11(13)3/h8-9H,6-7,14H2,1-3H3. The van der Waals surface area contributed by atoms with Gasteiger partial charge in [-0.25, -0.2) is 0 Å². The van der Waals surface area contributed by atoms with Crippen LogP contribution in [0.2, 0.25) is 0 Å². The first kappa shape index (κ1) is 11.5. The minimum Gasteiger partial charge on any atom is -0.492 e. The molecule has 0 saturated carbocycles. The lowest BCUT2D eigenvalue weighted by molar-refractivity contribution is 0.325. The summed E-state index contributed by atoms with van der Waals surface area (Å²) >= 11 is 0. The zero-order chi connectivity index (χ0) is 11.3. The Labute approximate surface area is 91.4 Å². The molecule has 0 spiro atoms. The van der Waals surface area contributed by atoms with Crippen molar-refractivity contribution in [2.24, 2.45) is 0 Å². The molecular weight excluding hydrogens is 186 g/mol. The number of nitrogens with two attached hydrogens (primary N) is 1. The summed E-state index contributed by atoms with van der Waals surface area (Å²) in [7, 11) is 0. The zero-order valence-electron chi connectivity index (χ0n) is 9.55. The summed E-state index contributed by atoms with van der Waals surface area (Å²) in [5.74, 6) is 6.65. The molecule has 0 bridgehead atoms. The Morgan fingerprint density at radius 1 is 1.27 bits per heavy atom. The quantitative estimate of drug-likeness (QED) is 0.465. The van der Waals surface area contributed by atoms with Gasteiger partial charge in [0.05, 0.1) is 6.61 Å². The Kier molecular flexibility index (Phi) is 4.05. The van der Waals surface area contributed by atoms with Crippen molar-refractivity contribution < 1.29 is 4.74 Å². The fourth-order valence-corrected chi connectivity index (χ4v) is 1.34. The van der Waals surface area contributed by atoms with Gasteiger partial charge in [-0.2, -0.15) is 0 Å². The monoisotopic (exact) mass is 203 g/mol. The number of ether oxygens (including phenoxy) is 1. The summed E-state index contributed by atoms with van der Waals surface area (Å²) in [6.07, 6.45) is 0.754. The average Bonchev–Trinajstić information content (AvgIpc) is 2.20. The van der Waals surface area contributed by atoms with Gasteiger partial charge in [0.25, 0.3) is 0 Å². The topological polar surface area (TPSA) is 35.2 Å². The molecule has 2 nitrogen and oxygen atoms in total. The van der Waals surface area contributed by atoms with Crippen LogP contribution in [0.1, 0.15) is 24.5 Å². The van der Waals surface area contributed by atoms with E-state index in [4.69, 9.17) is 10.5 Å². The van der Waals surface area contributed by atoms with Gasteiger partial charge in [-0.15, -0.1) is 11.8 Å². The van der Waals surface area contributed by atoms with Crippen LogP contribution in [0.3, 0.4) is 0 Å². The van der Waals surface area contributed by atoms with E-state index in [0.29, 0.717) is 6.61 Å². The minimum absolute atomic E-state index is 0.615. The maximum atomic E-state index is 5.81. The number of rotatable bonds is 3. The van der Waals surface area contributed by atoms with Crippen LogP contribution in [0, 0.1) is 25.7 Å². The molecule has 0 aliphatic carbocycles. The van der Waals surface area contributed by atoms with Gasteiger partial charge in [0, 0.05) is 18.2 Å². The minimum atomic E-state index is 0.615. The van der Waals surface area contributed by atoms with Crippen LogP contribution in [0.25, 0.3) is 0 Å². The predicted molar refractivity (Wildman–Crippen MR) is 63.9 cm³/mol. The van der Waals surface area contributed by atoms with Crippen LogP contribution in [0.5, 0.6) is 5.75 Å². The largest absolute Gasteiger partial charge is 0.492 e. The van der Waals surface area contributed by atoms with Crippen molar-refractivity contribution in [2.75, 3.05) is 12.3 Å². The normalized spacial score (nSPS) is 9.27. The van der Waals surface area contributed by atoms with Gasteiger partial charge in [0.1, 0.15) is 5.75 Å². The van der Waals surface area contributed by atoms with Gasteiger partial charge in [0.2, 0.25) is 0 Å². The van der Waals surface area contributed by atoms with Gasteiger partial charge < -0.3 is 10.5 Å². The third kappa shape index (κ3) is 3.21. The number of benzene rings is 1. The molecule has 0 unspecified atom stereocenters. The Bertz CT molecular complexity index is 399. The Morgan fingerprint density at radius 2 is 2.00 bits per heavy atom. The van der Waals surface area contributed by atoms with Crippen LogP contribution in [0.15, 0.2) is 12.1 Å². The molecule has 0 amide bonds. The molecule has 80 valence electrons. The van der Waals surface area contributed by atoms with Crippen LogP contribution >= 0.6 is 0 Å². The van der Waals surface area contributed by atoms with Crippen LogP contribution < -0.4 is 10.5 Å². The second-order valence-corrected chi connectivity index (χ2v) is 3.50. The molecule has 1 aromatic carbocycles. The summed E-state index contributed by atoms with van der Waals surface area (Å²) in [5, 5.41) is 0. The van der Waals surface area contributed by atoms with Crippen molar-refractivity contribution in [3.8, 4) is 17.6 Å². The van der Waals surface area contributed by atoms with E-state index in [9.17, 15) is 0 Å². The van der Waals surface area contributed by atoms with Crippen molar-refractivity contribution in [3.63, 3.8) is 0 Å². The van der Waals surface area contributed by atoms with E-state index < -0.39 is 0 Å². The number of hydrogen-bond acceptors (Lipinski definition) is 2. The Hall–Kier alpha value is -1.62. The first-order valence-electron chi connectivity index (χ1n) is 5.04. The van der Waals surface area contributed by atoms with E-state index >= 15 is 0 Å². The molecule has 2 heteroatoms. The van der Waals surface area contributed by atoms with Gasteiger partial charge in [-0.3, -0.25) is 0 Å². The highest BCUT2D eigenvalue weighted by Crippen LogP contribution is 2.24. The van der Waals surface area contributed by atoms with Gasteiger partial charge >= 0.3 is 0 Å². The maximum absolute atomic E-state index is 5.81. The molecule has 0 aliphatic rings. The highest BCUT2D eigenvalue weighted by atomic mass is 16.5. The number of nitrogen functional groups attached to an aromatic ring is 1. The summed E-state index contributed by atoms with van der Waals surface area (Å²) in [4.78, 5) is 0. The lowest BCUT2D eigenvalue weighted by Gasteiger charge is -2.10. The molecule has 0 heterocycles. The first-order valence-corrected chi connectivity index (χ1v) is 5.04. The van der Waals surface area contributed by atoms with Crippen molar-refractivity contribution >= 4 is 5.69 Å². The molecule has 0 aromatic heterocycles. The van der Waals surface area contributed by atoms with Crippen molar-refractivity contribution in [3.05, 3.63) is 23.3 Å². The van der Waals surface area contributed by atoms with Crippen molar-refractivity contribution in [1.29, 1.82) is 0 Å². The van der Waals surface area contributed by atoms with E-state index in [1.807, 2.05) is 32.9 Å². The number of hydrogen-bond donors (Lipinski definition) is 1. The molecule has 15 heavy (non-hydrogen) atoms. The molecule has 0 radical (unpaired) electrons. The Balaban J connectivity index is 2.67. The summed E-state index contributed by atoms with van der Waals surface area (Å²) < 4.78 is 5.59. The summed E-state index contributed by atoms with van der Waals surface area (Å²) in [5.41, 5.74) is 8.79. The van der Waals surface area contributed by atoms with Crippen LogP contribution in [-0.2, 0) is 0 Å². The highest BCUT2D eigenvalue weighted by Gasteiger charge is 2.02. The maximum Gasteiger partial charge on any atom is 0.124 e. The van der Waals surface area contributed by atoms with E-state index in [1.54, 1.807) is 0 Å². The third-order valence-electron chi connectivity index (χ3n) is 2.23. The molecule has 0 fully saturated rings. The zero-order valence-corrected chi connectivity index (χ0v) is 9.55. The van der Waals surface area contributed by atoms with E-state index in [1.165, 1.54) is 0 Å². The second-order valence-electron chi connectivity index (χ2n) is 3.50. The number of aryl methyl sites for hydroxylation is 2. The molecule has 0 aliphatic heterocycles. The fourth-order valence-electron chi connectivity index (χ4n) is 1.34. The smallest absolute Gasteiger partial charge is 0.124 e. The predicted octanol–water partition coefficient (Wildman–Crippen LogP) is 2.68. The molecule has 0 saturated heterocycles. The molecule has 2 N–H and O–H groups in total. The second kappa shape index (κ2) is 5.31. The van der Waals surface area contributed by atoms with Crippen LogP contribution in [0.4, 0.5) is 5.69 Å². The molecule has 1 aromatic rings. The highest BCUT2D eigenvalue weighted by molar-refractivity contribution is 5.54. The van der Waals surface area contributed by atoms with E-state index in [2.05, 4.69) is 11.8 Å². The fraction of sp³-hybridized carbons (Fsp3) is 0.385. The summed E-state index contributed by atoms with van der Waals surface area (Å²) in [6.45, 7) is 6.46. The molecular formula is C13H17NO. The lowest BCUT2D eigenvalue weighted by atomic mass is 10.1. The molecule has 1 rings (SSSR count). The van der Waals surface area contributed by atoms with Crippen molar-refractivity contribution in [2.45, 2.75) is 27.2 Å². The van der Waals surface area contributed by atoms with E-state index in [-0.39, 0.29) is 0 Å². The van der Waals surface area contributed by atoms with Gasteiger partial charge in [-0.05, 0) is 31.9 Å².